The van der Waals surface area contributed by atoms with Crippen LogP contribution in [-0.2, 0) is 26.2 Å². The summed E-state index contributed by atoms with van der Waals surface area (Å²) in [6.07, 6.45) is 1.09. The molecule has 2 rings (SSSR count). The Morgan fingerprint density at radius 1 is 1.00 bits per heavy atom. The summed E-state index contributed by atoms with van der Waals surface area (Å²) in [6.45, 7) is 9.62. The molecule has 2 amide bonds. The summed E-state index contributed by atoms with van der Waals surface area (Å²) in [5.41, 5.74) is 2.95. The third-order valence-electron chi connectivity index (χ3n) is 5.36. The van der Waals surface area contributed by atoms with Crippen molar-refractivity contribution in [3.8, 4) is 0 Å². The van der Waals surface area contributed by atoms with Crippen molar-refractivity contribution in [1.29, 1.82) is 0 Å². The van der Waals surface area contributed by atoms with Gasteiger partial charge in [0.05, 0.1) is 11.9 Å². The van der Waals surface area contributed by atoms with Crippen LogP contribution in [0.4, 0.5) is 5.69 Å². The van der Waals surface area contributed by atoms with E-state index in [9.17, 15) is 18.0 Å². The highest BCUT2D eigenvalue weighted by Crippen LogP contribution is 2.24. The highest BCUT2D eigenvalue weighted by Gasteiger charge is 2.30. The van der Waals surface area contributed by atoms with Gasteiger partial charge < -0.3 is 10.2 Å². The summed E-state index contributed by atoms with van der Waals surface area (Å²) in [7, 11) is -3.74. The number of rotatable bonds is 10. The van der Waals surface area contributed by atoms with E-state index in [1.165, 1.54) is 4.90 Å². The van der Waals surface area contributed by atoms with E-state index >= 15 is 0 Å². The SMILES string of the molecule is Cc1ccc(C)c(N(CC(=O)N(Cc2ccccc2)C(C)C(=O)NCC(C)C)S(C)(=O)=O)c1. The van der Waals surface area contributed by atoms with Crippen molar-refractivity contribution in [2.24, 2.45) is 5.92 Å². The predicted molar refractivity (Wildman–Crippen MR) is 132 cm³/mol. The maximum Gasteiger partial charge on any atom is 0.244 e. The summed E-state index contributed by atoms with van der Waals surface area (Å²) in [5.74, 6) is -0.451. The Balaban J connectivity index is 2.38. The molecule has 180 valence electrons. The second-order valence-corrected chi connectivity index (χ2v) is 10.8. The molecule has 1 N–H and O–H groups in total. The molecule has 1 atom stereocenters. The Hall–Kier alpha value is -2.87. The zero-order valence-corrected chi connectivity index (χ0v) is 21.1. The number of anilines is 1. The van der Waals surface area contributed by atoms with Crippen LogP contribution in [0.15, 0.2) is 48.5 Å². The van der Waals surface area contributed by atoms with Gasteiger partial charge in [-0.1, -0.05) is 56.3 Å². The molecule has 7 nitrogen and oxygen atoms in total. The third kappa shape index (κ3) is 7.60. The van der Waals surface area contributed by atoms with Gasteiger partial charge in [0.15, 0.2) is 0 Å². The largest absolute Gasteiger partial charge is 0.354 e. The van der Waals surface area contributed by atoms with Crippen molar-refractivity contribution in [3.05, 3.63) is 65.2 Å². The van der Waals surface area contributed by atoms with E-state index in [2.05, 4.69) is 5.32 Å². The first kappa shape index (κ1) is 26.4. The van der Waals surface area contributed by atoms with Gasteiger partial charge in [-0.05, 0) is 49.4 Å². The van der Waals surface area contributed by atoms with Gasteiger partial charge in [0.25, 0.3) is 0 Å². The second-order valence-electron chi connectivity index (χ2n) is 8.88. The lowest BCUT2D eigenvalue weighted by molar-refractivity contribution is -0.139. The topological polar surface area (TPSA) is 86.8 Å². The predicted octanol–water partition coefficient (Wildman–Crippen LogP) is 3.26. The third-order valence-corrected chi connectivity index (χ3v) is 6.49. The number of carbonyl (C=O) groups is 2. The average Bonchev–Trinajstić information content (AvgIpc) is 2.75. The summed E-state index contributed by atoms with van der Waals surface area (Å²) in [6, 6.07) is 14.1. The highest BCUT2D eigenvalue weighted by molar-refractivity contribution is 7.92. The van der Waals surface area contributed by atoms with E-state index in [1.807, 2.05) is 63.2 Å². The Morgan fingerprint density at radius 2 is 1.64 bits per heavy atom. The molecule has 2 aromatic rings. The van der Waals surface area contributed by atoms with Crippen LogP contribution in [-0.4, -0.2) is 50.5 Å². The quantitative estimate of drug-likeness (QED) is 0.574. The van der Waals surface area contributed by atoms with Gasteiger partial charge in [-0.15, -0.1) is 0 Å². The fourth-order valence-electron chi connectivity index (χ4n) is 3.40. The van der Waals surface area contributed by atoms with Crippen molar-refractivity contribution in [2.75, 3.05) is 23.7 Å². The molecule has 0 spiro atoms. The Labute approximate surface area is 197 Å². The van der Waals surface area contributed by atoms with Crippen molar-refractivity contribution >= 4 is 27.5 Å². The molecule has 0 saturated heterocycles. The molecule has 0 aliphatic heterocycles. The van der Waals surface area contributed by atoms with Gasteiger partial charge in [-0.3, -0.25) is 13.9 Å². The minimum atomic E-state index is -3.74. The maximum atomic E-state index is 13.5. The Morgan fingerprint density at radius 3 is 2.21 bits per heavy atom. The average molecular weight is 474 g/mol. The van der Waals surface area contributed by atoms with Gasteiger partial charge in [-0.25, -0.2) is 8.42 Å². The number of aryl methyl sites for hydroxylation is 2. The van der Waals surface area contributed by atoms with E-state index in [4.69, 9.17) is 0 Å². The van der Waals surface area contributed by atoms with Crippen LogP contribution in [0, 0.1) is 19.8 Å². The second kappa shape index (κ2) is 11.3. The first-order chi connectivity index (χ1) is 15.4. The number of hydrogen-bond donors (Lipinski definition) is 1. The summed E-state index contributed by atoms with van der Waals surface area (Å²) >= 11 is 0. The lowest BCUT2D eigenvalue weighted by Crippen LogP contribution is -2.51. The number of hydrogen-bond acceptors (Lipinski definition) is 4. The zero-order chi connectivity index (χ0) is 24.8. The zero-order valence-electron chi connectivity index (χ0n) is 20.3. The van der Waals surface area contributed by atoms with E-state index in [0.717, 1.165) is 27.3 Å². The van der Waals surface area contributed by atoms with Crippen molar-refractivity contribution in [3.63, 3.8) is 0 Å². The fraction of sp³-hybridized carbons (Fsp3) is 0.440. The minimum Gasteiger partial charge on any atom is -0.354 e. The number of nitrogens with zero attached hydrogens (tertiary/aromatic N) is 2. The summed E-state index contributed by atoms with van der Waals surface area (Å²) in [4.78, 5) is 27.7. The van der Waals surface area contributed by atoms with Crippen LogP contribution in [0.5, 0.6) is 0 Å². The molecule has 33 heavy (non-hydrogen) atoms. The molecule has 2 aromatic carbocycles. The van der Waals surface area contributed by atoms with Crippen LogP contribution in [0.2, 0.25) is 0 Å². The number of benzene rings is 2. The molecule has 0 heterocycles. The Bertz CT molecular complexity index is 1070. The molecule has 8 heteroatoms. The highest BCUT2D eigenvalue weighted by atomic mass is 32.2. The lowest BCUT2D eigenvalue weighted by Gasteiger charge is -2.32. The van der Waals surface area contributed by atoms with Crippen LogP contribution < -0.4 is 9.62 Å². The van der Waals surface area contributed by atoms with Crippen LogP contribution in [0.25, 0.3) is 0 Å². The normalized spacial score (nSPS) is 12.3. The molecular weight excluding hydrogens is 438 g/mol. The molecule has 0 fully saturated rings. The number of carbonyl (C=O) groups excluding carboxylic acids is 2. The maximum absolute atomic E-state index is 13.5. The van der Waals surface area contributed by atoms with Gasteiger partial charge in [0.2, 0.25) is 21.8 Å². The van der Waals surface area contributed by atoms with E-state index in [0.29, 0.717) is 12.2 Å². The van der Waals surface area contributed by atoms with Gasteiger partial charge >= 0.3 is 0 Å². The molecule has 0 bridgehead atoms. The fourth-order valence-corrected chi connectivity index (χ4v) is 4.30. The summed E-state index contributed by atoms with van der Waals surface area (Å²) in [5, 5.41) is 2.87. The molecule has 0 radical (unpaired) electrons. The number of amides is 2. The molecule has 0 aliphatic rings. The molecular formula is C25H35N3O4S. The molecule has 0 aromatic heterocycles. The first-order valence-electron chi connectivity index (χ1n) is 11.1. The van der Waals surface area contributed by atoms with Crippen LogP contribution >= 0.6 is 0 Å². The Kier molecular flexibility index (Phi) is 9.05. The first-order valence-corrected chi connectivity index (χ1v) is 12.9. The van der Waals surface area contributed by atoms with E-state index in [-0.39, 0.29) is 18.4 Å². The molecule has 1 unspecified atom stereocenters. The van der Waals surface area contributed by atoms with Crippen LogP contribution in [0.1, 0.15) is 37.5 Å². The van der Waals surface area contributed by atoms with E-state index < -0.39 is 28.5 Å². The number of sulfonamides is 1. The number of nitrogens with one attached hydrogen (secondary N) is 1. The van der Waals surface area contributed by atoms with Crippen molar-refractivity contribution in [2.45, 2.75) is 47.2 Å². The summed E-state index contributed by atoms with van der Waals surface area (Å²) < 4.78 is 26.5. The molecule has 0 aliphatic carbocycles. The smallest absolute Gasteiger partial charge is 0.244 e. The molecule has 0 saturated carbocycles. The van der Waals surface area contributed by atoms with Gasteiger partial charge in [-0.2, -0.15) is 0 Å². The van der Waals surface area contributed by atoms with Crippen molar-refractivity contribution < 1.29 is 18.0 Å². The monoisotopic (exact) mass is 473 g/mol. The van der Waals surface area contributed by atoms with Gasteiger partial charge in [0, 0.05) is 13.1 Å². The lowest BCUT2D eigenvalue weighted by atomic mass is 10.1. The minimum absolute atomic E-state index is 0.195. The van der Waals surface area contributed by atoms with Gasteiger partial charge in [0.1, 0.15) is 12.6 Å². The van der Waals surface area contributed by atoms with E-state index in [1.54, 1.807) is 19.9 Å². The standard InChI is InChI=1S/C25H35N3O4S/c1-18(2)15-26-25(30)21(5)27(16-22-10-8-7-9-11-22)24(29)17-28(33(6,31)32)23-14-19(3)12-13-20(23)4/h7-14,18,21H,15-17H2,1-6H3,(H,26,30). The van der Waals surface area contributed by atoms with Crippen molar-refractivity contribution in [1.82, 2.24) is 10.2 Å². The van der Waals surface area contributed by atoms with Crippen LogP contribution in [0.3, 0.4) is 0 Å².